The predicted octanol–water partition coefficient (Wildman–Crippen LogP) is 3.68. The van der Waals surface area contributed by atoms with Crippen LogP contribution in [0.15, 0.2) is 30.3 Å². The van der Waals surface area contributed by atoms with Crippen LogP contribution >= 0.6 is 0 Å². The Kier molecular flexibility index (Phi) is 3.15. The van der Waals surface area contributed by atoms with Crippen molar-refractivity contribution in [2.24, 2.45) is 0 Å². The summed E-state index contributed by atoms with van der Waals surface area (Å²) in [5.41, 5.74) is -5.27. The molecule has 0 nitrogen and oxygen atoms in total. The monoisotopic (exact) mass is 252 g/mol. The maximum atomic E-state index is 12.7. The van der Waals surface area contributed by atoms with E-state index in [2.05, 4.69) is 6.42 Å². The fraction of sp³-hybridized carbons (Fsp3) is 0.273. The van der Waals surface area contributed by atoms with Crippen LogP contribution in [0.4, 0.5) is 26.3 Å². The summed E-state index contributed by atoms with van der Waals surface area (Å²) in [7, 11) is 0. The van der Waals surface area contributed by atoms with Crippen molar-refractivity contribution in [3.05, 3.63) is 35.9 Å². The first-order chi connectivity index (χ1) is 7.67. The van der Waals surface area contributed by atoms with Crippen molar-refractivity contribution >= 4 is 0 Å². The Morgan fingerprint density at radius 3 is 1.53 bits per heavy atom. The predicted molar refractivity (Wildman–Crippen MR) is 49.1 cm³/mol. The molecule has 0 heterocycles. The van der Waals surface area contributed by atoms with Gasteiger partial charge in [-0.1, -0.05) is 36.3 Å². The van der Waals surface area contributed by atoms with Crippen LogP contribution in [0.1, 0.15) is 5.56 Å². The number of halogens is 6. The van der Waals surface area contributed by atoms with Gasteiger partial charge in [0.1, 0.15) is 0 Å². The molecule has 0 unspecified atom stereocenters. The summed E-state index contributed by atoms with van der Waals surface area (Å²) in [5.74, 6) is 0.862. The molecule has 17 heavy (non-hydrogen) atoms. The lowest BCUT2D eigenvalue weighted by Crippen LogP contribution is -2.52. The maximum Gasteiger partial charge on any atom is 0.418 e. The fourth-order valence-electron chi connectivity index (χ4n) is 1.42. The molecule has 0 radical (unpaired) electrons. The van der Waals surface area contributed by atoms with Crippen LogP contribution in [0.2, 0.25) is 0 Å². The molecule has 1 aromatic rings. The summed E-state index contributed by atoms with van der Waals surface area (Å²) >= 11 is 0. The smallest absolute Gasteiger partial charge is 0.168 e. The summed E-state index contributed by atoms with van der Waals surface area (Å²) in [4.78, 5) is 0. The van der Waals surface area contributed by atoms with Crippen molar-refractivity contribution in [3.63, 3.8) is 0 Å². The minimum Gasteiger partial charge on any atom is -0.168 e. The number of benzene rings is 1. The molecule has 0 atom stereocenters. The molecule has 0 aromatic heterocycles. The average molecular weight is 252 g/mol. The summed E-state index contributed by atoms with van der Waals surface area (Å²) < 4.78 is 76.2. The van der Waals surface area contributed by atoms with E-state index in [9.17, 15) is 26.3 Å². The highest BCUT2D eigenvalue weighted by Crippen LogP contribution is 2.51. The van der Waals surface area contributed by atoms with E-state index in [1.807, 2.05) is 0 Å². The zero-order valence-electron chi connectivity index (χ0n) is 8.23. The van der Waals surface area contributed by atoms with Crippen molar-refractivity contribution in [1.82, 2.24) is 0 Å². The second-order valence-electron chi connectivity index (χ2n) is 3.26. The van der Waals surface area contributed by atoms with E-state index in [1.165, 1.54) is 6.07 Å². The van der Waals surface area contributed by atoms with Crippen LogP contribution in [0.25, 0.3) is 0 Å². The van der Waals surface area contributed by atoms with Crippen molar-refractivity contribution < 1.29 is 26.3 Å². The lowest BCUT2D eigenvalue weighted by atomic mass is 9.79. The van der Waals surface area contributed by atoms with Gasteiger partial charge in [-0.05, 0) is 5.56 Å². The van der Waals surface area contributed by atoms with Crippen molar-refractivity contribution in [3.8, 4) is 12.3 Å². The number of alkyl halides is 6. The molecule has 0 aliphatic heterocycles. The van der Waals surface area contributed by atoms with E-state index in [-0.39, 0.29) is 0 Å². The van der Waals surface area contributed by atoms with Crippen molar-refractivity contribution in [2.75, 3.05) is 0 Å². The second-order valence-corrected chi connectivity index (χ2v) is 3.26. The van der Waals surface area contributed by atoms with Crippen LogP contribution in [-0.4, -0.2) is 12.4 Å². The van der Waals surface area contributed by atoms with Gasteiger partial charge in [-0.3, -0.25) is 0 Å². The first kappa shape index (κ1) is 13.4. The third-order valence-electron chi connectivity index (χ3n) is 2.27. The number of terminal acetylenes is 1. The molecule has 0 spiro atoms. The maximum absolute atomic E-state index is 12.7. The van der Waals surface area contributed by atoms with Gasteiger partial charge in [0.2, 0.25) is 5.41 Å². The Balaban J connectivity index is 3.57. The van der Waals surface area contributed by atoms with Gasteiger partial charge in [-0.25, -0.2) is 0 Å². The number of hydrogen-bond donors (Lipinski definition) is 0. The van der Waals surface area contributed by atoms with Gasteiger partial charge in [0, 0.05) is 0 Å². The van der Waals surface area contributed by atoms with E-state index in [4.69, 9.17) is 0 Å². The van der Waals surface area contributed by atoms with Crippen LogP contribution in [0.3, 0.4) is 0 Å². The molecule has 0 fully saturated rings. The van der Waals surface area contributed by atoms with Gasteiger partial charge in [0.15, 0.2) is 0 Å². The summed E-state index contributed by atoms with van der Waals surface area (Å²) in [5, 5.41) is 0. The third-order valence-corrected chi connectivity index (χ3v) is 2.27. The van der Waals surface area contributed by atoms with Gasteiger partial charge in [-0.2, -0.15) is 26.3 Å². The third kappa shape index (κ3) is 1.97. The van der Waals surface area contributed by atoms with Crippen molar-refractivity contribution in [1.29, 1.82) is 0 Å². The average Bonchev–Trinajstić information content (AvgIpc) is 2.16. The molecule has 0 N–H and O–H groups in total. The van der Waals surface area contributed by atoms with Gasteiger partial charge >= 0.3 is 12.4 Å². The highest BCUT2D eigenvalue weighted by atomic mass is 19.4. The second kappa shape index (κ2) is 3.99. The molecular formula is C11H6F6. The van der Waals surface area contributed by atoms with Gasteiger partial charge in [0.05, 0.1) is 0 Å². The Morgan fingerprint density at radius 1 is 0.824 bits per heavy atom. The van der Waals surface area contributed by atoms with E-state index in [1.54, 1.807) is 0 Å². The lowest BCUT2D eigenvalue weighted by Gasteiger charge is -2.33. The Bertz CT molecular complexity index is 406. The minimum atomic E-state index is -5.61. The standard InChI is InChI=1S/C11H6F6/c1-2-9(10(12,13)14,11(15,16)17)8-6-4-3-5-7-8/h1,3-7H. The highest BCUT2D eigenvalue weighted by molar-refractivity contribution is 5.39. The molecule has 1 rings (SSSR count). The molecule has 0 aliphatic carbocycles. The first-order valence-electron chi connectivity index (χ1n) is 4.33. The summed E-state index contributed by atoms with van der Waals surface area (Å²) in [6.45, 7) is 0. The zero-order chi connectivity index (χ0) is 13.3. The normalized spacial score (nSPS) is 13.2. The van der Waals surface area contributed by atoms with E-state index < -0.39 is 23.3 Å². The van der Waals surface area contributed by atoms with Gasteiger partial charge < -0.3 is 0 Å². The van der Waals surface area contributed by atoms with Crippen LogP contribution in [-0.2, 0) is 5.41 Å². The fourth-order valence-corrected chi connectivity index (χ4v) is 1.42. The molecule has 1 aromatic carbocycles. The van der Waals surface area contributed by atoms with Crippen molar-refractivity contribution in [2.45, 2.75) is 17.8 Å². The molecule has 92 valence electrons. The van der Waals surface area contributed by atoms with E-state index >= 15 is 0 Å². The summed E-state index contributed by atoms with van der Waals surface area (Å²) in [6, 6.07) is 4.86. The van der Waals surface area contributed by atoms with E-state index in [0.717, 1.165) is 18.1 Å². The molecular weight excluding hydrogens is 246 g/mol. The largest absolute Gasteiger partial charge is 0.418 e. The Labute approximate surface area is 93.2 Å². The van der Waals surface area contributed by atoms with Crippen LogP contribution < -0.4 is 0 Å². The zero-order valence-corrected chi connectivity index (χ0v) is 8.23. The topological polar surface area (TPSA) is 0 Å². The summed E-state index contributed by atoms with van der Waals surface area (Å²) in [6.07, 6.45) is -6.70. The minimum absolute atomic E-state index is 0.709. The van der Waals surface area contributed by atoms with Crippen LogP contribution in [0, 0.1) is 12.3 Å². The van der Waals surface area contributed by atoms with Gasteiger partial charge in [0.25, 0.3) is 0 Å². The van der Waals surface area contributed by atoms with Gasteiger partial charge in [-0.15, -0.1) is 6.42 Å². The molecule has 0 aliphatic rings. The molecule has 0 amide bonds. The lowest BCUT2D eigenvalue weighted by molar-refractivity contribution is -0.282. The Morgan fingerprint density at radius 2 is 1.24 bits per heavy atom. The Hall–Kier alpha value is -1.64. The quantitative estimate of drug-likeness (QED) is 0.528. The highest BCUT2D eigenvalue weighted by Gasteiger charge is 2.71. The molecule has 0 saturated heterocycles. The SMILES string of the molecule is C#CC(c1ccccc1)(C(F)(F)F)C(F)(F)F. The van der Waals surface area contributed by atoms with Crippen LogP contribution in [0.5, 0.6) is 0 Å². The first-order valence-corrected chi connectivity index (χ1v) is 4.33. The van der Waals surface area contributed by atoms with E-state index in [0.29, 0.717) is 12.1 Å². The molecule has 0 saturated carbocycles. The number of rotatable bonds is 1. The number of hydrogen-bond acceptors (Lipinski definition) is 0. The molecule has 6 heteroatoms. The molecule has 0 bridgehead atoms.